The summed E-state index contributed by atoms with van der Waals surface area (Å²) in [5, 5.41) is 2.58. The predicted octanol–water partition coefficient (Wildman–Crippen LogP) is 0.0309. The minimum atomic E-state index is -0.0356. The number of anilines is 1. The Balaban J connectivity index is 2.83. The van der Waals surface area contributed by atoms with Gasteiger partial charge in [-0.25, -0.2) is 4.98 Å². The molecule has 3 N–H and O–H groups in total. The van der Waals surface area contributed by atoms with Gasteiger partial charge in [-0.05, 0) is 24.1 Å². The normalized spacial score (nSPS) is 10.0. The van der Waals surface area contributed by atoms with Gasteiger partial charge in [0.1, 0.15) is 5.82 Å². The number of aromatic nitrogens is 1. The van der Waals surface area contributed by atoms with Gasteiger partial charge in [0.15, 0.2) is 0 Å². The van der Waals surface area contributed by atoms with Gasteiger partial charge >= 0.3 is 0 Å². The van der Waals surface area contributed by atoms with E-state index in [1.807, 2.05) is 24.9 Å². The largest absolute Gasteiger partial charge is 0.358 e. The van der Waals surface area contributed by atoms with Gasteiger partial charge < -0.3 is 16.0 Å². The number of pyridine rings is 1. The van der Waals surface area contributed by atoms with Crippen LogP contribution in [0.15, 0.2) is 12.3 Å². The van der Waals surface area contributed by atoms with Gasteiger partial charge in [-0.15, -0.1) is 0 Å². The molecule has 0 radical (unpaired) electrons. The van der Waals surface area contributed by atoms with Crippen LogP contribution in [0.4, 0.5) is 5.82 Å². The Morgan fingerprint density at radius 3 is 2.81 bits per heavy atom. The Morgan fingerprint density at radius 1 is 1.62 bits per heavy atom. The Kier molecular flexibility index (Phi) is 4.25. The molecule has 1 rings (SSSR count). The zero-order chi connectivity index (χ0) is 12.1. The first-order valence-corrected chi connectivity index (χ1v) is 5.15. The first kappa shape index (κ1) is 12.4. The summed E-state index contributed by atoms with van der Waals surface area (Å²) < 4.78 is 0. The molecule has 0 spiro atoms. The average Bonchev–Trinajstić information content (AvgIpc) is 2.28. The zero-order valence-corrected chi connectivity index (χ0v) is 9.95. The van der Waals surface area contributed by atoms with Gasteiger partial charge in [0.2, 0.25) is 5.91 Å². The lowest BCUT2D eigenvalue weighted by Gasteiger charge is -2.19. The van der Waals surface area contributed by atoms with Crippen molar-refractivity contribution >= 4 is 11.7 Å². The molecule has 16 heavy (non-hydrogen) atoms. The maximum absolute atomic E-state index is 11.2. The summed E-state index contributed by atoms with van der Waals surface area (Å²) in [5.74, 6) is 0.771. The van der Waals surface area contributed by atoms with E-state index < -0.39 is 0 Å². The smallest absolute Gasteiger partial charge is 0.239 e. The Hall–Kier alpha value is -1.62. The standard InChI is InChI=1S/C11H18N4O/c1-8-4-9(5-12)6-14-11(8)15(3)7-10(16)13-2/h4,6H,5,7,12H2,1-3H3,(H,13,16). The summed E-state index contributed by atoms with van der Waals surface area (Å²) in [7, 11) is 3.46. The van der Waals surface area contributed by atoms with Gasteiger partial charge in [0, 0.05) is 26.8 Å². The number of nitrogens with two attached hydrogens (primary N) is 1. The van der Waals surface area contributed by atoms with E-state index in [-0.39, 0.29) is 5.91 Å². The number of likely N-dealkylation sites (N-methyl/N-ethyl adjacent to an activating group) is 2. The van der Waals surface area contributed by atoms with Crippen LogP contribution in [0.5, 0.6) is 0 Å². The fraction of sp³-hybridized carbons (Fsp3) is 0.455. The number of rotatable bonds is 4. The summed E-state index contributed by atoms with van der Waals surface area (Å²) in [6.07, 6.45) is 1.74. The number of nitrogens with one attached hydrogen (secondary N) is 1. The molecule has 0 aromatic carbocycles. The first-order valence-electron chi connectivity index (χ1n) is 5.15. The molecule has 5 heteroatoms. The molecule has 0 aliphatic heterocycles. The molecule has 0 aliphatic carbocycles. The van der Waals surface area contributed by atoms with Crippen LogP contribution in [-0.4, -0.2) is 31.5 Å². The zero-order valence-electron chi connectivity index (χ0n) is 9.95. The molecule has 1 heterocycles. The van der Waals surface area contributed by atoms with Crippen molar-refractivity contribution < 1.29 is 4.79 Å². The molecule has 0 fully saturated rings. The Bertz CT molecular complexity index is 378. The highest BCUT2D eigenvalue weighted by Gasteiger charge is 2.09. The highest BCUT2D eigenvalue weighted by Crippen LogP contribution is 2.15. The second-order valence-corrected chi connectivity index (χ2v) is 3.72. The van der Waals surface area contributed by atoms with Crippen LogP contribution in [0, 0.1) is 6.92 Å². The van der Waals surface area contributed by atoms with Crippen LogP contribution in [0.25, 0.3) is 0 Å². The number of carbonyl (C=O) groups excluding carboxylic acids is 1. The molecule has 1 amide bonds. The number of hydrogen-bond donors (Lipinski definition) is 2. The molecule has 1 aromatic rings. The van der Waals surface area contributed by atoms with Crippen molar-refractivity contribution in [3.8, 4) is 0 Å². The molecule has 0 atom stereocenters. The first-order chi connectivity index (χ1) is 7.58. The molecule has 0 saturated heterocycles. The molecule has 5 nitrogen and oxygen atoms in total. The third-order valence-corrected chi connectivity index (χ3v) is 2.36. The van der Waals surface area contributed by atoms with Gasteiger partial charge in [-0.1, -0.05) is 0 Å². The quantitative estimate of drug-likeness (QED) is 0.754. The van der Waals surface area contributed by atoms with Crippen molar-refractivity contribution in [2.45, 2.75) is 13.5 Å². The van der Waals surface area contributed by atoms with Crippen LogP contribution < -0.4 is 16.0 Å². The number of aryl methyl sites for hydroxylation is 1. The van der Waals surface area contributed by atoms with Gasteiger partial charge in [0.05, 0.1) is 6.54 Å². The van der Waals surface area contributed by atoms with E-state index in [0.717, 1.165) is 16.9 Å². The third-order valence-electron chi connectivity index (χ3n) is 2.36. The van der Waals surface area contributed by atoms with Gasteiger partial charge in [-0.2, -0.15) is 0 Å². The summed E-state index contributed by atoms with van der Waals surface area (Å²) in [6.45, 7) is 2.74. The van der Waals surface area contributed by atoms with Crippen molar-refractivity contribution in [3.63, 3.8) is 0 Å². The minimum Gasteiger partial charge on any atom is -0.358 e. The lowest BCUT2D eigenvalue weighted by Crippen LogP contribution is -2.33. The van der Waals surface area contributed by atoms with Gasteiger partial charge in [0.25, 0.3) is 0 Å². The van der Waals surface area contributed by atoms with Crippen molar-refractivity contribution in [2.75, 3.05) is 25.5 Å². The highest BCUT2D eigenvalue weighted by molar-refractivity contribution is 5.80. The van der Waals surface area contributed by atoms with Crippen LogP contribution in [-0.2, 0) is 11.3 Å². The fourth-order valence-electron chi connectivity index (χ4n) is 1.51. The van der Waals surface area contributed by atoms with Crippen molar-refractivity contribution in [3.05, 3.63) is 23.4 Å². The maximum atomic E-state index is 11.2. The molecule has 0 unspecified atom stereocenters. The molecular formula is C11H18N4O. The molecule has 88 valence electrons. The SMILES string of the molecule is CNC(=O)CN(C)c1ncc(CN)cc1C. The molecule has 0 saturated carbocycles. The second-order valence-electron chi connectivity index (χ2n) is 3.72. The lowest BCUT2D eigenvalue weighted by atomic mass is 10.2. The fourth-order valence-corrected chi connectivity index (χ4v) is 1.51. The van der Waals surface area contributed by atoms with Crippen LogP contribution in [0.2, 0.25) is 0 Å². The molecule has 0 aliphatic rings. The lowest BCUT2D eigenvalue weighted by molar-refractivity contribution is -0.119. The number of carbonyl (C=O) groups is 1. The van der Waals surface area contributed by atoms with Crippen molar-refractivity contribution in [1.29, 1.82) is 0 Å². The van der Waals surface area contributed by atoms with Gasteiger partial charge in [-0.3, -0.25) is 4.79 Å². The van der Waals surface area contributed by atoms with E-state index in [0.29, 0.717) is 13.1 Å². The number of amides is 1. The molecular weight excluding hydrogens is 204 g/mol. The number of hydrogen-bond acceptors (Lipinski definition) is 4. The van der Waals surface area contributed by atoms with E-state index in [9.17, 15) is 4.79 Å². The Morgan fingerprint density at radius 2 is 2.31 bits per heavy atom. The summed E-state index contributed by atoms with van der Waals surface area (Å²) in [5.41, 5.74) is 7.55. The summed E-state index contributed by atoms with van der Waals surface area (Å²) >= 11 is 0. The predicted molar refractivity (Wildman–Crippen MR) is 64.2 cm³/mol. The topological polar surface area (TPSA) is 71.2 Å². The third kappa shape index (κ3) is 2.93. The monoisotopic (exact) mass is 222 g/mol. The van der Waals surface area contributed by atoms with Crippen LogP contribution in [0.1, 0.15) is 11.1 Å². The van der Waals surface area contributed by atoms with E-state index in [1.165, 1.54) is 0 Å². The minimum absolute atomic E-state index is 0.0356. The highest BCUT2D eigenvalue weighted by atomic mass is 16.1. The van der Waals surface area contributed by atoms with Crippen LogP contribution >= 0.6 is 0 Å². The van der Waals surface area contributed by atoms with Crippen molar-refractivity contribution in [1.82, 2.24) is 10.3 Å². The summed E-state index contributed by atoms with van der Waals surface area (Å²) in [4.78, 5) is 17.3. The molecule has 0 bridgehead atoms. The second kappa shape index (κ2) is 5.46. The van der Waals surface area contributed by atoms with E-state index in [1.54, 1.807) is 13.2 Å². The maximum Gasteiger partial charge on any atom is 0.239 e. The van der Waals surface area contributed by atoms with E-state index in [2.05, 4.69) is 10.3 Å². The summed E-state index contributed by atoms with van der Waals surface area (Å²) in [6, 6.07) is 1.99. The Labute approximate surface area is 95.7 Å². The average molecular weight is 222 g/mol. The van der Waals surface area contributed by atoms with E-state index >= 15 is 0 Å². The number of nitrogens with zero attached hydrogens (tertiary/aromatic N) is 2. The molecule has 1 aromatic heterocycles. The van der Waals surface area contributed by atoms with Crippen LogP contribution in [0.3, 0.4) is 0 Å². The van der Waals surface area contributed by atoms with E-state index in [4.69, 9.17) is 5.73 Å². The van der Waals surface area contributed by atoms with Crippen molar-refractivity contribution in [2.24, 2.45) is 5.73 Å².